The summed E-state index contributed by atoms with van der Waals surface area (Å²) in [5.41, 5.74) is 2.87. The van der Waals surface area contributed by atoms with Crippen LogP contribution in [0.3, 0.4) is 0 Å². The molecule has 2 bridgehead atoms. The first-order valence-electron chi connectivity index (χ1n) is 20.6. The number of carbonyl (C=O) groups excluding carboxylic acids is 2. The van der Waals surface area contributed by atoms with Gasteiger partial charge in [-0.2, -0.15) is 5.26 Å². The lowest BCUT2D eigenvalue weighted by atomic mass is 9.79. The number of aromatic nitrogens is 2. The molecule has 3 saturated heterocycles. The lowest BCUT2D eigenvalue weighted by molar-refractivity contribution is -0.133. The highest BCUT2D eigenvalue weighted by Gasteiger charge is 2.65. The van der Waals surface area contributed by atoms with Crippen LogP contribution < -0.4 is 0 Å². The van der Waals surface area contributed by atoms with Crippen LogP contribution >= 0.6 is 23.2 Å². The summed E-state index contributed by atoms with van der Waals surface area (Å²) in [5, 5.41) is 11.7. The Morgan fingerprint density at radius 2 is 1.79 bits per heavy atom. The fraction of sp³-hybridized carbons (Fsp3) is 0.556. The predicted octanol–water partition coefficient (Wildman–Crippen LogP) is 11.5. The van der Waals surface area contributed by atoms with E-state index in [0.717, 1.165) is 35.9 Å². The number of hydrogen-bond donors (Lipinski definition) is 0. The molecule has 9 nitrogen and oxygen atoms in total. The summed E-state index contributed by atoms with van der Waals surface area (Å²) in [7, 11) is -2.24. The predicted molar refractivity (Wildman–Crippen MR) is 229 cm³/mol. The lowest BCUT2D eigenvalue weighted by Crippen LogP contribution is -2.49. The smallest absolute Gasteiger partial charge is 0.410 e. The second-order valence-electron chi connectivity index (χ2n) is 19.6. The fourth-order valence-corrected chi connectivity index (χ4v) is 11.7. The summed E-state index contributed by atoms with van der Waals surface area (Å²) in [4.78, 5) is 36.6. The van der Waals surface area contributed by atoms with Crippen molar-refractivity contribution in [1.82, 2.24) is 19.4 Å². The first kappa shape index (κ1) is 41.1. The molecule has 5 heterocycles. The van der Waals surface area contributed by atoms with Crippen molar-refractivity contribution in [2.75, 3.05) is 6.54 Å². The number of carbonyl (C=O) groups is 2. The van der Waals surface area contributed by atoms with E-state index in [1.165, 1.54) is 0 Å². The molecule has 0 radical (unpaired) electrons. The zero-order chi connectivity index (χ0) is 42.0. The van der Waals surface area contributed by atoms with Gasteiger partial charge in [0.05, 0.1) is 51.4 Å². The standard InChI is InChI=1S/C45H54Cl2FN5O4Si/c1-24-29-21-32(33-22-35(57-58(9,10)44(6,7)8)45(16-17-45)53(33)25(2)54)52(40-27-20-34(40)51(23-27)42(55)56-43(3,4)5)41(29)30-19-26(13-12-18-49)36(38(48)39(30)50-24)28-14-11-15-31(46)37(28)47/h11,14-15,19,21,27,33-35,40H,12-13,16-17,20,22-23H2,1-10H3/t27-,33-,34-,35+,40+/m1/s1. The van der Waals surface area contributed by atoms with Gasteiger partial charge >= 0.3 is 6.09 Å². The van der Waals surface area contributed by atoms with Crippen LogP contribution in [-0.2, 0) is 20.4 Å². The van der Waals surface area contributed by atoms with E-state index >= 15 is 4.39 Å². The molecule has 9 rings (SSSR count). The van der Waals surface area contributed by atoms with Gasteiger partial charge in [-0.1, -0.05) is 56.1 Å². The van der Waals surface area contributed by atoms with Gasteiger partial charge in [0.15, 0.2) is 14.1 Å². The minimum atomic E-state index is -2.24. The second-order valence-corrected chi connectivity index (χ2v) is 25.1. The van der Waals surface area contributed by atoms with Crippen LogP contribution in [0.25, 0.3) is 32.9 Å². The van der Waals surface area contributed by atoms with Crippen molar-refractivity contribution >= 4 is 65.3 Å². The molecule has 2 amide bonds. The van der Waals surface area contributed by atoms with Crippen molar-refractivity contribution in [3.05, 3.63) is 63.1 Å². The van der Waals surface area contributed by atoms with Gasteiger partial charge in [-0.3, -0.25) is 4.79 Å². The molecule has 2 saturated carbocycles. The Balaban J connectivity index is 1.38. The first-order chi connectivity index (χ1) is 27.1. The summed E-state index contributed by atoms with van der Waals surface area (Å²) in [5.74, 6) is -0.420. The molecule has 0 unspecified atom stereocenters. The Labute approximate surface area is 351 Å². The normalized spacial score (nSPS) is 23.8. The van der Waals surface area contributed by atoms with Gasteiger partial charge < -0.3 is 23.5 Å². The van der Waals surface area contributed by atoms with Crippen LogP contribution in [0.15, 0.2) is 30.3 Å². The molecule has 2 aromatic carbocycles. The highest BCUT2D eigenvalue weighted by atomic mass is 35.5. The van der Waals surface area contributed by atoms with Crippen molar-refractivity contribution < 1.29 is 23.1 Å². The number of benzene rings is 2. The topological polar surface area (TPSA) is 101 Å². The van der Waals surface area contributed by atoms with Crippen molar-refractivity contribution in [2.24, 2.45) is 5.92 Å². The summed E-state index contributed by atoms with van der Waals surface area (Å²) in [6.45, 7) is 21.0. The Bertz CT molecular complexity index is 2430. The van der Waals surface area contributed by atoms with Gasteiger partial charge in [0, 0.05) is 65.5 Å². The van der Waals surface area contributed by atoms with E-state index in [2.05, 4.69) is 55.5 Å². The number of fused-ring (bicyclic) bond motifs is 4. The van der Waals surface area contributed by atoms with Crippen molar-refractivity contribution in [1.29, 1.82) is 5.26 Å². The number of likely N-dealkylation sites (tertiary alicyclic amines) is 1. The van der Waals surface area contributed by atoms with E-state index in [4.69, 9.17) is 37.3 Å². The van der Waals surface area contributed by atoms with Gasteiger partial charge in [0.2, 0.25) is 5.91 Å². The summed E-state index contributed by atoms with van der Waals surface area (Å²) < 4.78 is 33.0. The zero-order valence-electron chi connectivity index (χ0n) is 35.2. The third-order valence-electron chi connectivity index (χ3n) is 13.7. The van der Waals surface area contributed by atoms with Crippen LogP contribution in [0.4, 0.5) is 9.18 Å². The summed E-state index contributed by atoms with van der Waals surface area (Å²) >= 11 is 13.2. The Morgan fingerprint density at radius 1 is 1.09 bits per heavy atom. The molecule has 4 aromatic rings. The molecule has 58 heavy (non-hydrogen) atoms. The zero-order valence-corrected chi connectivity index (χ0v) is 37.7. The number of pyridine rings is 1. The van der Waals surface area contributed by atoms with E-state index in [1.807, 2.05) is 38.7 Å². The molecule has 2 aromatic heterocycles. The van der Waals surface area contributed by atoms with Crippen molar-refractivity contribution in [3.63, 3.8) is 0 Å². The molecule has 5 atom stereocenters. The maximum atomic E-state index is 17.5. The summed E-state index contributed by atoms with van der Waals surface area (Å²) in [6.07, 6.45) is 3.14. The van der Waals surface area contributed by atoms with E-state index in [-0.39, 0.29) is 76.1 Å². The average Bonchev–Trinajstić information content (AvgIpc) is 3.38. The minimum Gasteiger partial charge on any atom is -0.444 e. The Hall–Kier alpha value is -3.69. The first-order valence-corrected chi connectivity index (χ1v) is 24.2. The quantitative estimate of drug-likeness (QED) is 0.172. The highest BCUT2D eigenvalue weighted by Crippen LogP contribution is 2.61. The van der Waals surface area contributed by atoms with E-state index in [1.54, 1.807) is 25.1 Å². The van der Waals surface area contributed by atoms with Gasteiger partial charge in [-0.15, -0.1) is 0 Å². The van der Waals surface area contributed by atoms with E-state index in [9.17, 15) is 14.9 Å². The molecule has 5 fully saturated rings. The van der Waals surface area contributed by atoms with Gasteiger partial charge in [-0.05, 0) is 95.3 Å². The van der Waals surface area contributed by atoms with Crippen LogP contribution in [0.5, 0.6) is 0 Å². The van der Waals surface area contributed by atoms with Gasteiger partial charge in [0.25, 0.3) is 0 Å². The number of rotatable bonds is 7. The lowest BCUT2D eigenvalue weighted by Gasteiger charge is -2.41. The molecule has 308 valence electrons. The molecular weight excluding hydrogens is 793 g/mol. The molecule has 2 aliphatic carbocycles. The second kappa shape index (κ2) is 13.9. The number of ether oxygens (including phenoxy) is 1. The third kappa shape index (κ3) is 6.43. The summed E-state index contributed by atoms with van der Waals surface area (Å²) in [6, 6.07) is 10.9. The van der Waals surface area contributed by atoms with Crippen molar-refractivity contribution in [3.8, 4) is 17.2 Å². The largest absolute Gasteiger partial charge is 0.444 e. The fourth-order valence-electron chi connectivity index (χ4n) is 9.92. The Kier molecular flexibility index (Phi) is 9.86. The van der Waals surface area contributed by atoms with E-state index < -0.39 is 25.3 Å². The third-order valence-corrected chi connectivity index (χ3v) is 19.0. The maximum absolute atomic E-state index is 17.5. The van der Waals surface area contributed by atoms with Crippen molar-refractivity contribution in [2.45, 2.75) is 147 Å². The number of halogens is 3. The number of aryl methyl sites for hydroxylation is 2. The number of nitrogens with zero attached hydrogens (tertiary/aromatic N) is 5. The average molecular weight is 847 g/mol. The van der Waals surface area contributed by atoms with Crippen LogP contribution in [0, 0.1) is 30.0 Å². The highest BCUT2D eigenvalue weighted by molar-refractivity contribution is 6.74. The molecule has 1 spiro atoms. The number of hydrogen-bond acceptors (Lipinski definition) is 6. The van der Waals surface area contributed by atoms with Gasteiger partial charge in [0.1, 0.15) is 11.1 Å². The van der Waals surface area contributed by atoms with Gasteiger partial charge in [-0.25, -0.2) is 14.2 Å². The molecule has 5 aliphatic rings. The number of amides is 2. The van der Waals surface area contributed by atoms with Crippen LogP contribution in [0.1, 0.15) is 110 Å². The Morgan fingerprint density at radius 3 is 2.41 bits per heavy atom. The SMILES string of the molecule is CC(=O)N1[C@@H](c2cc3c(C)nc4c(F)c(-c5cccc(Cl)c5Cl)c(CCC#N)cc4c3n2[C@H]2[C@@H]3C[C@H]2N(C(=O)OC(C)(C)C)C3)C[C@H](O[Si](C)(C)C(C)(C)C)C12CC2. The molecular formula is C45H54Cl2FN5O4Si. The minimum absolute atomic E-state index is 0.000169. The van der Waals surface area contributed by atoms with Crippen LogP contribution in [0.2, 0.25) is 28.2 Å². The van der Waals surface area contributed by atoms with E-state index in [0.29, 0.717) is 40.2 Å². The molecule has 3 aliphatic heterocycles. The number of nitriles is 1. The molecule has 0 N–H and O–H groups in total. The monoisotopic (exact) mass is 845 g/mol. The molecule has 13 heteroatoms. The van der Waals surface area contributed by atoms with Crippen LogP contribution in [-0.4, -0.2) is 69.5 Å². The maximum Gasteiger partial charge on any atom is 0.410 e.